The molecule has 0 aliphatic rings. The van der Waals surface area contributed by atoms with E-state index in [4.69, 9.17) is 16.3 Å². The highest BCUT2D eigenvalue weighted by atomic mass is 35.5. The fraction of sp³-hybridized carbons (Fsp3) is 0.222. The largest absolute Gasteiger partial charge is 0.497 e. The van der Waals surface area contributed by atoms with E-state index < -0.39 is 0 Å². The molecule has 0 fully saturated rings. The van der Waals surface area contributed by atoms with E-state index in [-0.39, 0.29) is 11.9 Å². The number of methoxy groups -OCH3 is 1. The maximum atomic E-state index is 12.7. The SMILES string of the molecule is COc1cccc(CSc2nnc(C(C)NC(=O)Cc3ccccc3)n2-c2cc(Cl)ccc2C)c1. The molecule has 1 aromatic heterocycles. The number of carbonyl (C=O) groups is 1. The zero-order chi connectivity index (χ0) is 24.8. The molecule has 1 heterocycles. The molecule has 180 valence electrons. The van der Waals surface area contributed by atoms with Crippen molar-refractivity contribution in [3.8, 4) is 11.4 Å². The van der Waals surface area contributed by atoms with Gasteiger partial charge in [0, 0.05) is 10.8 Å². The lowest BCUT2D eigenvalue weighted by molar-refractivity contribution is -0.121. The highest BCUT2D eigenvalue weighted by molar-refractivity contribution is 7.98. The van der Waals surface area contributed by atoms with Crippen LogP contribution in [0.15, 0.2) is 78.0 Å². The van der Waals surface area contributed by atoms with Crippen LogP contribution in [-0.4, -0.2) is 27.8 Å². The van der Waals surface area contributed by atoms with Gasteiger partial charge in [0.1, 0.15) is 5.75 Å². The average molecular weight is 507 g/mol. The van der Waals surface area contributed by atoms with Crippen LogP contribution >= 0.6 is 23.4 Å². The Hall–Kier alpha value is -3.29. The van der Waals surface area contributed by atoms with E-state index >= 15 is 0 Å². The molecule has 1 N–H and O–H groups in total. The highest BCUT2D eigenvalue weighted by Gasteiger charge is 2.22. The smallest absolute Gasteiger partial charge is 0.224 e. The predicted octanol–water partition coefficient (Wildman–Crippen LogP) is 5.95. The number of nitrogens with one attached hydrogen (secondary N) is 1. The number of hydrogen-bond donors (Lipinski definition) is 1. The molecule has 0 aliphatic heterocycles. The Balaban J connectivity index is 1.61. The summed E-state index contributed by atoms with van der Waals surface area (Å²) in [5, 5.41) is 13.4. The van der Waals surface area contributed by atoms with Crippen LogP contribution in [0.4, 0.5) is 0 Å². The number of aryl methyl sites for hydroxylation is 1. The zero-order valence-corrected chi connectivity index (χ0v) is 21.4. The summed E-state index contributed by atoms with van der Waals surface area (Å²) in [6.07, 6.45) is 0.299. The van der Waals surface area contributed by atoms with Gasteiger partial charge in [-0.1, -0.05) is 71.9 Å². The Bertz CT molecular complexity index is 1310. The molecule has 0 radical (unpaired) electrons. The number of hydrogen-bond acceptors (Lipinski definition) is 5. The van der Waals surface area contributed by atoms with Crippen molar-refractivity contribution in [1.29, 1.82) is 0 Å². The molecule has 0 saturated heterocycles. The van der Waals surface area contributed by atoms with Crippen LogP contribution in [0.5, 0.6) is 5.75 Å². The van der Waals surface area contributed by atoms with E-state index in [9.17, 15) is 4.79 Å². The van der Waals surface area contributed by atoms with Gasteiger partial charge in [-0.3, -0.25) is 9.36 Å². The molecule has 3 aromatic carbocycles. The maximum absolute atomic E-state index is 12.7. The number of rotatable bonds is 9. The maximum Gasteiger partial charge on any atom is 0.224 e. The summed E-state index contributed by atoms with van der Waals surface area (Å²) in [5.74, 6) is 2.06. The monoisotopic (exact) mass is 506 g/mol. The van der Waals surface area contributed by atoms with Crippen molar-refractivity contribution < 1.29 is 9.53 Å². The first-order valence-corrected chi connectivity index (χ1v) is 12.6. The predicted molar refractivity (Wildman–Crippen MR) is 140 cm³/mol. The van der Waals surface area contributed by atoms with Gasteiger partial charge in [0.05, 0.1) is 25.3 Å². The van der Waals surface area contributed by atoms with Crippen LogP contribution in [0.25, 0.3) is 5.69 Å². The van der Waals surface area contributed by atoms with Gasteiger partial charge in [-0.2, -0.15) is 0 Å². The van der Waals surface area contributed by atoms with Gasteiger partial charge in [0.15, 0.2) is 11.0 Å². The summed E-state index contributed by atoms with van der Waals surface area (Å²) in [7, 11) is 1.66. The molecule has 0 bridgehead atoms. The summed E-state index contributed by atoms with van der Waals surface area (Å²) < 4.78 is 7.33. The molecule has 4 aromatic rings. The lowest BCUT2D eigenvalue weighted by atomic mass is 10.1. The second-order valence-electron chi connectivity index (χ2n) is 8.20. The standard InChI is InChI=1S/C27H27ClN4O2S/c1-18-12-13-22(28)16-24(18)32-26(19(2)29-25(33)15-20-8-5-4-6-9-20)30-31-27(32)35-17-21-10-7-11-23(14-21)34-3/h4-14,16,19H,15,17H2,1-3H3,(H,29,33). The molecular formula is C27H27ClN4O2S. The molecule has 8 heteroatoms. The fourth-order valence-corrected chi connectivity index (χ4v) is 4.81. The van der Waals surface area contributed by atoms with Crippen molar-refractivity contribution in [2.24, 2.45) is 0 Å². The average Bonchev–Trinajstić information content (AvgIpc) is 3.29. The van der Waals surface area contributed by atoms with Gasteiger partial charge < -0.3 is 10.1 Å². The van der Waals surface area contributed by atoms with Crippen LogP contribution in [0.2, 0.25) is 5.02 Å². The third kappa shape index (κ3) is 6.24. The zero-order valence-electron chi connectivity index (χ0n) is 19.9. The van der Waals surface area contributed by atoms with Crippen molar-refractivity contribution in [2.75, 3.05) is 7.11 Å². The van der Waals surface area contributed by atoms with Crippen molar-refractivity contribution in [3.63, 3.8) is 0 Å². The Labute approximate surface area is 214 Å². The van der Waals surface area contributed by atoms with Crippen LogP contribution in [0.1, 0.15) is 35.5 Å². The van der Waals surface area contributed by atoms with Gasteiger partial charge in [-0.25, -0.2) is 0 Å². The van der Waals surface area contributed by atoms with E-state index in [1.165, 1.54) is 0 Å². The molecule has 0 spiro atoms. The first-order valence-electron chi connectivity index (χ1n) is 11.3. The number of nitrogens with zero attached hydrogens (tertiary/aromatic N) is 3. The van der Waals surface area contributed by atoms with Crippen molar-refractivity contribution >= 4 is 29.3 Å². The summed E-state index contributed by atoms with van der Waals surface area (Å²) in [6, 6.07) is 23.0. The van der Waals surface area contributed by atoms with E-state index in [0.29, 0.717) is 23.0 Å². The molecule has 1 atom stereocenters. The Kier molecular flexibility index (Phi) is 8.10. The Morgan fingerprint density at radius 1 is 1.06 bits per heavy atom. The number of halogens is 1. The quantitative estimate of drug-likeness (QED) is 0.284. The van der Waals surface area contributed by atoms with Crippen molar-refractivity contribution in [1.82, 2.24) is 20.1 Å². The molecular weight excluding hydrogens is 480 g/mol. The second kappa shape index (κ2) is 11.4. The topological polar surface area (TPSA) is 69.0 Å². The van der Waals surface area contributed by atoms with Crippen molar-refractivity contribution in [2.45, 2.75) is 37.2 Å². The molecule has 1 unspecified atom stereocenters. The summed E-state index contributed by atoms with van der Waals surface area (Å²) in [5.41, 5.74) is 3.98. The minimum Gasteiger partial charge on any atom is -0.497 e. The summed E-state index contributed by atoms with van der Waals surface area (Å²) in [4.78, 5) is 12.7. The molecule has 1 amide bonds. The highest BCUT2D eigenvalue weighted by Crippen LogP contribution is 2.31. The van der Waals surface area contributed by atoms with Crippen LogP contribution in [0, 0.1) is 6.92 Å². The van der Waals surface area contributed by atoms with E-state index in [2.05, 4.69) is 15.5 Å². The number of aromatic nitrogens is 3. The molecule has 6 nitrogen and oxygen atoms in total. The van der Waals surface area contributed by atoms with Crippen LogP contribution < -0.4 is 10.1 Å². The van der Waals surface area contributed by atoms with Crippen LogP contribution in [0.3, 0.4) is 0 Å². The normalized spacial score (nSPS) is 11.8. The lowest BCUT2D eigenvalue weighted by Crippen LogP contribution is -2.30. The minimum absolute atomic E-state index is 0.0772. The van der Waals surface area contributed by atoms with Crippen LogP contribution in [-0.2, 0) is 17.0 Å². The number of carbonyl (C=O) groups excluding carboxylic acids is 1. The van der Waals surface area contributed by atoms with Crippen molar-refractivity contribution in [3.05, 3.63) is 100 Å². The van der Waals surface area contributed by atoms with Gasteiger partial charge in [0.2, 0.25) is 5.91 Å². The third-order valence-electron chi connectivity index (χ3n) is 5.54. The molecule has 35 heavy (non-hydrogen) atoms. The van der Waals surface area contributed by atoms with Gasteiger partial charge in [-0.05, 0) is 54.8 Å². The minimum atomic E-state index is -0.358. The number of ether oxygens (including phenoxy) is 1. The summed E-state index contributed by atoms with van der Waals surface area (Å²) >= 11 is 7.92. The van der Waals surface area contributed by atoms with Gasteiger partial charge >= 0.3 is 0 Å². The summed E-state index contributed by atoms with van der Waals surface area (Å²) in [6.45, 7) is 3.93. The lowest BCUT2D eigenvalue weighted by Gasteiger charge is -2.18. The van der Waals surface area contributed by atoms with E-state index in [1.54, 1.807) is 18.9 Å². The van der Waals surface area contributed by atoms with Gasteiger partial charge in [0.25, 0.3) is 0 Å². The Morgan fingerprint density at radius 3 is 2.60 bits per heavy atom. The molecule has 0 aliphatic carbocycles. The Morgan fingerprint density at radius 2 is 1.83 bits per heavy atom. The fourth-order valence-electron chi connectivity index (χ4n) is 3.75. The third-order valence-corrected chi connectivity index (χ3v) is 6.78. The van der Waals surface area contributed by atoms with Gasteiger partial charge in [-0.15, -0.1) is 10.2 Å². The number of amides is 1. The van der Waals surface area contributed by atoms with E-state index in [1.807, 2.05) is 91.2 Å². The first-order chi connectivity index (χ1) is 16.9. The first kappa shape index (κ1) is 24.8. The number of benzene rings is 3. The molecule has 0 saturated carbocycles. The number of thioether (sulfide) groups is 1. The molecule has 4 rings (SSSR count). The second-order valence-corrected chi connectivity index (χ2v) is 9.58. The van der Waals surface area contributed by atoms with E-state index in [0.717, 1.165) is 33.3 Å².